The molecule has 0 saturated heterocycles. The molecule has 2 rings (SSSR count). The Kier molecular flexibility index (Phi) is 4.86. The Bertz CT molecular complexity index is 689. The number of carbonyl (C=O) groups is 1. The number of nitro groups is 1. The second-order valence-electron chi connectivity index (χ2n) is 4.01. The molecule has 0 saturated carbocycles. The summed E-state index contributed by atoms with van der Waals surface area (Å²) in [6, 6.07) is 3.24. The standard InChI is InChI=1S/C12H11BrN4O3S/c1-14-11-3-9(10(5-15-11)17(19)20)12(18)16-4-8-2-7(13)6-21-8/h2-3,5-6H,4H2,1H3,(H,14,15)(H,16,18). The fraction of sp³-hybridized carbons (Fsp3) is 0.167. The molecular formula is C12H11BrN4O3S. The van der Waals surface area contributed by atoms with Crippen LogP contribution in [0.25, 0.3) is 0 Å². The van der Waals surface area contributed by atoms with Gasteiger partial charge in [-0.05, 0) is 22.0 Å². The Hall–Kier alpha value is -2.00. The first-order chi connectivity index (χ1) is 10.0. The normalized spacial score (nSPS) is 10.2. The van der Waals surface area contributed by atoms with Gasteiger partial charge in [0.2, 0.25) is 0 Å². The summed E-state index contributed by atoms with van der Waals surface area (Å²) in [5.74, 6) is -0.116. The van der Waals surface area contributed by atoms with Gasteiger partial charge in [0.15, 0.2) is 0 Å². The molecule has 0 aromatic carbocycles. The van der Waals surface area contributed by atoms with Crippen molar-refractivity contribution in [3.05, 3.63) is 48.7 Å². The molecule has 2 aromatic rings. The molecule has 0 fully saturated rings. The number of aromatic nitrogens is 1. The molecule has 7 nitrogen and oxygen atoms in total. The number of rotatable bonds is 5. The molecule has 1 amide bonds. The number of thiophene rings is 1. The summed E-state index contributed by atoms with van der Waals surface area (Å²) in [6.07, 6.45) is 1.07. The molecule has 2 heterocycles. The molecule has 0 radical (unpaired) electrons. The van der Waals surface area contributed by atoms with E-state index >= 15 is 0 Å². The molecule has 2 N–H and O–H groups in total. The number of hydrogen-bond acceptors (Lipinski definition) is 6. The highest BCUT2D eigenvalue weighted by Crippen LogP contribution is 2.22. The van der Waals surface area contributed by atoms with Crippen LogP contribution >= 0.6 is 27.3 Å². The van der Waals surface area contributed by atoms with Gasteiger partial charge < -0.3 is 10.6 Å². The predicted molar refractivity (Wildman–Crippen MR) is 83.6 cm³/mol. The lowest BCUT2D eigenvalue weighted by Crippen LogP contribution is -2.23. The third-order valence-electron chi connectivity index (χ3n) is 2.63. The van der Waals surface area contributed by atoms with Crippen molar-refractivity contribution in [2.24, 2.45) is 0 Å². The van der Waals surface area contributed by atoms with E-state index in [1.54, 1.807) is 7.05 Å². The second kappa shape index (κ2) is 6.64. The van der Waals surface area contributed by atoms with Crippen molar-refractivity contribution in [1.82, 2.24) is 10.3 Å². The second-order valence-corrected chi connectivity index (χ2v) is 5.92. The van der Waals surface area contributed by atoms with Gasteiger partial charge in [-0.15, -0.1) is 11.3 Å². The number of amides is 1. The van der Waals surface area contributed by atoms with E-state index < -0.39 is 10.8 Å². The lowest BCUT2D eigenvalue weighted by Gasteiger charge is -2.06. The molecule has 9 heteroatoms. The van der Waals surface area contributed by atoms with E-state index in [0.29, 0.717) is 12.4 Å². The fourth-order valence-corrected chi connectivity index (χ4v) is 3.01. The van der Waals surface area contributed by atoms with E-state index in [0.717, 1.165) is 15.5 Å². The quantitative estimate of drug-likeness (QED) is 0.622. The Balaban J connectivity index is 2.19. The average molecular weight is 371 g/mol. The smallest absolute Gasteiger partial charge is 0.300 e. The summed E-state index contributed by atoms with van der Waals surface area (Å²) in [6.45, 7) is 0.309. The molecule has 0 aliphatic carbocycles. The largest absolute Gasteiger partial charge is 0.373 e. The number of nitrogens with zero attached hydrogens (tertiary/aromatic N) is 2. The summed E-state index contributed by atoms with van der Waals surface area (Å²) in [5, 5.41) is 18.3. The SMILES string of the molecule is CNc1cc(C(=O)NCc2cc(Br)cs2)c([N+](=O)[O-])cn1. The topological polar surface area (TPSA) is 97.2 Å². The highest BCUT2D eigenvalue weighted by molar-refractivity contribution is 9.10. The monoisotopic (exact) mass is 370 g/mol. The van der Waals surface area contributed by atoms with Crippen LogP contribution in [0.2, 0.25) is 0 Å². The van der Waals surface area contributed by atoms with Crippen LogP contribution in [-0.2, 0) is 6.54 Å². The van der Waals surface area contributed by atoms with Gasteiger partial charge in [-0.3, -0.25) is 14.9 Å². The fourth-order valence-electron chi connectivity index (χ4n) is 1.62. The van der Waals surface area contributed by atoms with E-state index in [1.807, 2.05) is 11.4 Å². The van der Waals surface area contributed by atoms with Crippen LogP contribution in [0.3, 0.4) is 0 Å². The highest BCUT2D eigenvalue weighted by Gasteiger charge is 2.21. The van der Waals surface area contributed by atoms with Crippen LogP contribution < -0.4 is 10.6 Å². The zero-order valence-corrected chi connectivity index (χ0v) is 13.3. The van der Waals surface area contributed by atoms with E-state index in [4.69, 9.17) is 0 Å². The molecular weight excluding hydrogens is 360 g/mol. The van der Waals surface area contributed by atoms with E-state index in [-0.39, 0.29) is 11.3 Å². The minimum Gasteiger partial charge on any atom is -0.373 e. The maximum Gasteiger partial charge on any atom is 0.300 e. The Labute approximate surface area is 132 Å². The van der Waals surface area contributed by atoms with Gasteiger partial charge in [-0.1, -0.05) is 0 Å². The average Bonchev–Trinajstić information content (AvgIpc) is 2.89. The molecule has 0 unspecified atom stereocenters. The molecule has 21 heavy (non-hydrogen) atoms. The zero-order valence-electron chi connectivity index (χ0n) is 10.9. The number of carbonyl (C=O) groups excluding carboxylic acids is 1. The van der Waals surface area contributed by atoms with E-state index in [2.05, 4.69) is 31.5 Å². The first-order valence-electron chi connectivity index (χ1n) is 5.84. The molecule has 0 atom stereocenters. The number of halogens is 1. The van der Waals surface area contributed by atoms with Crippen LogP contribution in [0, 0.1) is 10.1 Å². The van der Waals surface area contributed by atoms with Crippen molar-refractivity contribution < 1.29 is 9.72 Å². The van der Waals surface area contributed by atoms with Gasteiger partial charge in [-0.25, -0.2) is 4.98 Å². The Morgan fingerprint density at radius 3 is 2.86 bits per heavy atom. The van der Waals surface area contributed by atoms with Crippen LogP contribution in [0.1, 0.15) is 15.2 Å². The molecule has 2 aromatic heterocycles. The van der Waals surface area contributed by atoms with Gasteiger partial charge in [0.05, 0.1) is 11.5 Å². The van der Waals surface area contributed by atoms with E-state index in [9.17, 15) is 14.9 Å². The van der Waals surface area contributed by atoms with Gasteiger partial charge >= 0.3 is 0 Å². The first kappa shape index (κ1) is 15.4. The minimum atomic E-state index is -0.622. The van der Waals surface area contributed by atoms with E-state index in [1.165, 1.54) is 17.4 Å². The maximum absolute atomic E-state index is 12.1. The van der Waals surface area contributed by atoms with Crippen LogP contribution in [0.15, 0.2) is 28.2 Å². The summed E-state index contributed by atoms with van der Waals surface area (Å²) in [4.78, 5) is 27.3. The van der Waals surface area contributed by atoms with Crippen LogP contribution in [0.5, 0.6) is 0 Å². The van der Waals surface area contributed by atoms with Crippen molar-refractivity contribution >= 4 is 44.7 Å². The van der Waals surface area contributed by atoms with Crippen molar-refractivity contribution in [1.29, 1.82) is 0 Å². The number of nitrogens with one attached hydrogen (secondary N) is 2. The summed E-state index contributed by atoms with van der Waals surface area (Å²) >= 11 is 4.81. The molecule has 110 valence electrons. The lowest BCUT2D eigenvalue weighted by atomic mass is 10.2. The van der Waals surface area contributed by atoms with Gasteiger partial charge in [-0.2, -0.15) is 0 Å². The molecule has 0 aliphatic heterocycles. The van der Waals surface area contributed by atoms with Crippen molar-refractivity contribution in [3.8, 4) is 0 Å². The van der Waals surface area contributed by atoms with Crippen LogP contribution in [0.4, 0.5) is 11.5 Å². The summed E-state index contributed by atoms with van der Waals surface area (Å²) in [5.41, 5.74) is -0.339. The lowest BCUT2D eigenvalue weighted by molar-refractivity contribution is -0.385. The van der Waals surface area contributed by atoms with Crippen molar-refractivity contribution in [3.63, 3.8) is 0 Å². The van der Waals surface area contributed by atoms with Gasteiger partial charge in [0.1, 0.15) is 17.6 Å². The van der Waals surface area contributed by atoms with Crippen molar-refractivity contribution in [2.45, 2.75) is 6.54 Å². The van der Waals surface area contributed by atoms with Crippen LogP contribution in [-0.4, -0.2) is 22.9 Å². The highest BCUT2D eigenvalue weighted by atomic mass is 79.9. The predicted octanol–water partition coefficient (Wildman–Crippen LogP) is 2.79. The van der Waals surface area contributed by atoms with Crippen molar-refractivity contribution in [2.75, 3.05) is 12.4 Å². The number of anilines is 1. The number of hydrogen-bond donors (Lipinski definition) is 2. The third-order valence-corrected chi connectivity index (χ3v) is 4.32. The first-order valence-corrected chi connectivity index (χ1v) is 7.52. The Morgan fingerprint density at radius 1 is 1.52 bits per heavy atom. The maximum atomic E-state index is 12.1. The Morgan fingerprint density at radius 2 is 2.29 bits per heavy atom. The zero-order chi connectivity index (χ0) is 15.4. The molecule has 0 aliphatic rings. The summed E-state index contributed by atoms with van der Waals surface area (Å²) in [7, 11) is 1.62. The summed E-state index contributed by atoms with van der Waals surface area (Å²) < 4.78 is 0.934. The number of pyridine rings is 1. The van der Waals surface area contributed by atoms with Gasteiger partial charge in [0, 0.05) is 27.8 Å². The molecule has 0 bridgehead atoms. The third kappa shape index (κ3) is 3.76. The minimum absolute atomic E-state index is 0.0185. The van der Waals surface area contributed by atoms with Gasteiger partial charge in [0.25, 0.3) is 11.6 Å². The molecule has 0 spiro atoms.